The molecule has 2 rings (SSSR count). The highest BCUT2D eigenvalue weighted by molar-refractivity contribution is 5.35. The van der Waals surface area contributed by atoms with Crippen molar-refractivity contribution in [3.8, 4) is 0 Å². The lowest BCUT2D eigenvalue weighted by Crippen LogP contribution is -2.37. The summed E-state index contributed by atoms with van der Waals surface area (Å²) in [6, 6.07) is 7.36. The minimum Gasteiger partial charge on any atom is -0.271 e. The molecule has 0 radical (unpaired) electrons. The molecule has 94 valence electrons. The summed E-state index contributed by atoms with van der Waals surface area (Å²) in [4.78, 5) is 0. The number of benzene rings is 1. The van der Waals surface area contributed by atoms with Crippen molar-refractivity contribution in [1.29, 1.82) is 0 Å². The third-order valence-electron chi connectivity index (χ3n) is 3.64. The molecular formula is C15H24N2. The van der Waals surface area contributed by atoms with Crippen LogP contribution in [0.3, 0.4) is 0 Å². The highest BCUT2D eigenvalue weighted by Crippen LogP contribution is 2.23. The molecule has 0 saturated heterocycles. The molecule has 1 unspecified atom stereocenters. The molecule has 0 aromatic heterocycles. The smallest absolute Gasteiger partial charge is 0.0253 e. The van der Waals surface area contributed by atoms with Crippen LogP contribution in [-0.2, 0) is 19.3 Å². The summed E-state index contributed by atoms with van der Waals surface area (Å²) < 4.78 is 0. The Kier molecular flexibility index (Phi) is 4.19. The first kappa shape index (κ1) is 12.6. The standard InChI is InChI=1S/C15H24N2/c1-11(2)8-15(17-16)10-12-6-7-13-4-3-5-14(13)9-12/h6-7,9,11,15,17H,3-5,8,10,16H2,1-2H3. The van der Waals surface area contributed by atoms with Gasteiger partial charge in [0, 0.05) is 6.04 Å². The molecule has 1 aromatic rings. The average Bonchev–Trinajstić information content (AvgIpc) is 2.74. The van der Waals surface area contributed by atoms with Crippen molar-refractivity contribution >= 4 is 0 Å². The van der Waals surface area contributed by atoms with Crippen molar-refractivity contribution in [1.82, 2.24) is 5.43 Å². The fourth-order valence-electron chi connectivity index (χ4n) is 2.82. The molecule has 0 spiro atoms. The van der Waals surface area contributed by atoms with E-state index < -0.39 is 0 Å². The molecule has 0 bridgehead atoms. The molecule has 2 nitrogen and oxygen atoms in total. The van der Waals surface area contributed by atoms with E-state index in [0.717, 1.165) is 12.8 Å². The summed E-state index contributed by atoms with van der Waals surface area (Å²) in [5.41, 5.74) is 7.48. The molecule has 17 heavy (non-hydrogen) atoms. The van der Waals surface area contributed by atoms with E-state index in [4.69, 9.17) is 5.84 Å². The number of hydrogen-bond donors (Lipinski definition) is 2. The number of hydrogen-bond acceptors (Lipinski definition) is 2. The predicted molar refractivity (Wildman–Crippen MR) is 72.7 cm³/mol. The van der Waals surface area contributed by atoms with Crippen LogP contribution in [0, 0.1) is 5.92 Å². The zero-order chi connectivity index (χ0) is 12.3. The Morgan fingerprint density at radius 2 is 2.00 bits per heavy atom. The summed E-state index contributed by atoms with van der Waals surface area (Å²) in [5.74, 6) is 6.32. The van der Waals surface area contributed by atoms with Crippen LogP contribution in [0.5, 0.6) is 0 Å². The minimum atomic E-state index is 0.398. The molecule has 0 aliphatic heterocycles. The molecule has 2 heteroatoms. The van der Waals surface area contributed by atoms with Gasteiger partial charge in [-0.1, -0.05) is 32.0 Å². The molecule has 0 amide bonds. The summed E-state index contributed by atoms with van der Waals surface area (Å²) >= 11 is 0. The number of rotatable bonds is 5. The SMILES string of the molecule is CC(C)CC(Cc1ccc2c(c1)CCC2)NN. The number of hydrazine groups is 1. The zero-order valence-corrected chi connectivity index (χ0v) is 11.0. The molecule has 3 N–H and O–H groups in total. The Bertz CT molecular complexity index is 371. The van der Waals surface area contributed by atoms with Crippen LogP contribution in [0.15, 0.2) is 18.2 Å². The Labute approximate surface area is 105 Å². The minimum absolute atomic E-state index is 0.398. The third kappa shape index (κ3) is 3.30. The molecule has 1 aromatic carbocycles. The Morgan fingerprint density at radius 1 is 1.24 bits per heavy atom. The van der Waals surface area contributed by atoms with E-state index in [2.05, 4.69) is 37.5 Å². The van der Waals surface area contributed by atoms with Crippen LogP contribution < -0.4 is 11.3 Å². The second-order valence-electron chi connectivity index (χ2n) is 5.65. The summed E-state index contributed by atoms with van der Waals surface area (Å²) in [7, 11) is 0. The first-order chi connectivity index (χ1) is 8.19. The Morgan fingerprint density at radius 3 is 2.71 bits per heavy atom. The monoisotopic (exact) mass is 232 g/mol. The highest BCUT2D eigenvalue weighted by Gasteiger charge is 2.14. The maximum absolute atomic E-state index is 5.63. The van der Waals surface area contributed by atoms with Gasteiger partial charge >= 0.3 is 0 Å². The molecule has 0 saturated carbocycles. The second kappa shape index (κ2) is 5.65. The van der Waals surface area contributed by atoms with E-state index in [1.54, 1.807) is 11.1 Å². The van der Waals surface area contributed by atoms with Gasteiger partial charge in [-0.15, -0.1) is 0 Å². The van der Waals surface area contributed by atoms with Crippen LogP contribution >= 0.6 is 0 Å². The van der Waals surface area contributed by atoms with Crippen LogP contribution in [-0.4, -0.2) is 6.04 Å². The van der Waals surface area contributed by atoms with Gasteiger partial charge < -0.3 is 0 Å². The van der Waals surface area contributed by atoms with E-state index in [-0.39, 0.29) is 0 Å². The zero-order valence-electron chi connectivity index (χ0n) is 11.0. The summed E-state index contributed by atoms with van der Waals surface area (Å²) in [5, 5.41) is 0. The van der Waals surface area contributed by atoms with Crippen molar-refractivity contribution in [3.63, 3.8) is 0 Å². The van der Waals surface area contributed by atoms with Crippen LogP contribution in [0.1, 0.15) is 43.4 Å². The number of nitrogens with one attached hydrogen (secondary N) is 1. The fraction of sp³-hybridized carbons (Fsp3) is 0.600. The lowest BCUT2D eigenvalue weighted by Gasteiger charge is -2.18. The largest absolute Gasteiger partial charge is 0.271 e. The van der Waals surface area contributed by atoms with Gasteiger partial charge in [-0.3, -0.25) is 11.3 Å². The van der Waals surface area contributed by atoms with Crippen LogP contribution in [0.2, 0.25) is 0 Å². The predicted octanol–water partition coefficient (Wildman–Crippen LogP) is 2.60. The maximum Gasteiger partial charge on any atom is 0.0253 e. The lowest BCUT2D eigenvalue weighted by molar-refractivity contribution is 0.423. The first-order valence-electron chi connectivity index (χ1n) is 6.76. The van der Waals surface area contributed by atoms with Gasteiger partial charge in [-0.2, -0.15) is 0 Å². The third-order valence-corrected chi connectivity index (χ3v) is 3.64. The van der Waals surface area contributed by atoms with E-state index >= 15 is 0 Å². The van der Waals surface area contributed by atoms with Crippen LogP contribution in [0.25, 0.3) is 0 Å². The topological polar surface area (TPSA) is 38.0 Å². The lowest BCUT2D eigenvalue weighted by atomic mass is 9.96. The van der Waals surface area contributed by atoms with Gasteiger partial charge in [0.1, 0.15) is 0 Å². The summed E-state index contributed by atoms with van der Waals surface area (Å²) in [6.07, 6.45) is 6.02. The van der Waals surface area contributed by atoms with Gasteiger partial charge in [0.15, 0.2) is 0 Å². The molecule has 1 aliphatic rings. The maximum atomic E-state index is 5.63. The van der Waals surface area contributed by atoms with Crippen molar-refractivity contribution in [2.24, 2.45) is 11.8 Å². The number of aryl methyl sites for hydroxylation is 2. The normalized spacial score (nSPS) is 16.2. The van der Waals surface area contributed by atoms with E-state index in [9.17, 15) is 0 Å². The van der Waals surface area contributed by atoms with E-state index in [1.165, 1.54) is 24.8 Å². The van der Waals surface area contributed by atoms with Crippen LogP contribution in [0.4, 0.5) is 0 Å². The van der Waals surface area contributed by atoms with Gasteiger partial charge in [-0.25, -0.2) is 0 Å². The van der Waals surface area contributed by atoms with Crippen molar-refractivity contribution in [2.75, 3.05) is 0 Å². The average molecular weight is 232 g/mol. The highest BCUT2D eigenvalue weighted by atomic mass is 15.2. The quantitative estimate of drug-likeness (QED) is 0.605. The van der Waals surface area contributed by atoms with Gasteiger partial charge in [0.05, 0.1) is 0 Å². The van der Waals surface area contributed by atoms with Crippen molar-refractivity contribution in [3.05, 3.63) is 34.9 Å². The van der Waals surface area contributed by atoms with Gasteiger partial charge in [0.2, 0.25) is 0 Å². The number of fused-ring (bicyclic) bond motifs is 1. The Balaban J connectivity index is 2.02. The molecule has 0 heterocycles. The van der Waals surface area contributed by atoms with Gasteiger partial charge in [-0.05, 0) is 54.7 Å². The first-order valence-corrected chi connectivity index (χ1v) is 6.76. The molecule has 0 fully saturated rings. The molecule has 1 atom stereocenters. The summed E-state index contributed by atoms with van der Waals surface area (Å²) in [6.45, 7) is 4.49. The van der Waals surface area contributed by atoms with Gasteiger partial charge in [0.25, 0.3) is 0 Å². The van der Waals surface area contributed by atoms with E-state index in [1.807, 2.05) is 0 Å². The number of nitrogens with two attached hydrogens (primary N) is 1. The second-order valence-corrected chi connectivity index (χ2v) is 5.65. The van der Waals surface area contributed by atoms with Crippen molar-refractivity contribution < 1.29 is 0 Å². The molecular weight excluding hydrogens is 208 g/mol. The van der Waals surface area contributed by atoms with Crippen molar-refractivity contribution in [2.45, 2.75) is 52.0 Å². The fourth-order valence-corrected chi connectivity index (χ4v) is 2.82. The molecule has 1 aliphatic carbocycles. The Hall–Kier alpha value is -0.860. The van der Waals surface area contributed by atoms with E-state index in [0.29, 0.717) is 12.0 Å².